The molecule has 2 aromatic rings. The standard InChI is InChI=1S/C16H24N4S/c1-3-19-7-9-20(10-8-19)13(2)12-18-14-4-6-17-15-5-11-21-16(14)15/h4-6,11,13H,3,7-10,12H2,1-2H3,(H,17,18). The second kappa shape index (κ2) is 6.73. The van der Waals surface area contributed by atoms with Crippen molar-refractivity contribution >= 4 is 27.2 Å². The zero-order valence-corrected chi connectivity index (χ0v) is 13.7. The number of anilines is 1. The van der Waals surface area contributed by atoms with Crippen molar-refractivity contribution in [2.45, 2.75) is 19.9 Å². The van der Waals surface area contributed by atoms with Gasteiger partial charge in [0.15, 0.2) is 0 Å². The van der Waals surface area contributed by atoms with Gasteiger partial charge >= 0.3 is 0 Å². The lowest BCUT2D eigenvalue weighted by Crippen LogP contribution is -2.50. The molecule has 1 aliphatic rings. The van der Waals surface area contributed by atoms with E-state index < -0.39 is 0 Å². The number of hydrogen-bond acceptors (Lipinski definition) is 5. The van der Waals surface area contributed by atoms with Crippen LogP contribution in [0.15, 0.2) is 23.7 Å². The number of aromatic nitrogens is 1. The number of nitrogens with one attached hydrogen (secondary N) is 1. The number of likely N-dealkylation sites (N-methyl/N-ethyl adjacent to an activating group) is 1. The Labute approximate surface area is 130 Å². The number of fused-ring (bicyclic) bond motifs is 1. The molecule has 5 heteroatoms. The number of rotatable bonds is 5. The SMILES string of the molecule is CCN1CCN(C(C)CNc2ccnc3ccsc23)CC1. The lowest BCUT2D eigenvalue weighted by molar-refractivity contribution is 0.110. The largest absolute Gasteiger partial charge is 0.382 e. The van der Waals surface area contributed by atoms with Gasteiger partial charge in [-0.3, -0.25) is 9.88 Å². The molecule has 0 spiro atoms. The Morgan fingerprint density at radius 2 is 2.10 bits per heavy atom. The molecule has 0 radical (unpaired) electrons. The molecule has 0 saturated carbocycles. The topological polar surface area (TPSA) is 31.4 Å². The molecular weight excluding hydrogens is 280 g/mol. The average molecular weight is 304 g/mol. The smallest absolute Gasteiger partial charge is 0.0830 e. The quantitative estimate of drug-likeness (QED) is 0.920. The molecule has 2 aromatic heterocycles. The molecule has 0 aliphatic carbocycles. The molecular formula is C16H24N4S. The average Bonchev–Trinajstić information content (AvgIpc) is 3.02. The van der Waals surface area contributed by atoms with E-state index in [-0.39, 0.29) is 0 Å². The van der Waals surface area contributed by atoms with Gasteiger partial charge in [0.1, 0.15) is 0 Å². The van der Waals surface area contributed by atoms with Crippen molar-refractivity contribution in [3.63, 3.8) is 0 Å². The van der Waals surface area contributed by atoms with Crippen LogP contribution < -0.4 is 5.32 Å². The molecule has 1 aliphatic heterocycles. The molecule has 0 bridgehead atoms. The fraction of sp³-hybridized carbons (Fsp3) is 0.562. The molecule has 4 nitrogen and oxygen atoms in total. The van der Waals surface area contributed by atoms with Crippen molar-refractivity contribution in [2.75, 3.05) is 44.6 Å². The van der Waals surface area contributed by atoms with Gasteiger partial charge in [-0.25, -0.2) is 0 Å². The second-order valence-electron chi connectivity index (χ2n) is 5.69. The maximum Gasteiger partial charge on any atom is 0.0830 e. The molecule has 0 aromatic carbocycles. The van der Waals surface area contributed by atoms with Crippen LogP contribution in [0.2, 0.25) is 0 Å². The summed E-state index contributed by atoms with van der Waals surface area (Å²) in [7, 11) is 0. The van der Waals surface area contributed by atoms with Crippen molar-refractivity contribution in [1.82, 2.24) is 14.8 Å². The van der Waals surface area contributed by atoms with Crippen LogP contribution in [0.1, 0.15) is 13.8 Å². The Bertz CT molecular complexity index is 574. The van der Waals surface area contributed by atoms with Crippen LogP contribution in [0.25, 0.3) is 10.2 Å². The Morgan fingerprint density at radius 1 is 1.29 bits per heavy atom. The van der Waals surface area contributed by atoms with Gasteiger partial charge in [-0.05, 0) is 31.0 Å². The van der Waals surface area contributed by atoms with Gasteiger partial charge < -0.3 is 10.2 Å². The maximum absolute atomic E-state index is 4.39. The summed E-state index contributed by atoms with van der Waals surface area (Å²) < 4.78 is 1.26. The van der Waals surface area contributed by atoms with E-state index in [4.69, 9.17) is 0 Å². The van der Waals surface area contributed by atoms with Crippen molar-refractivity contribution in [3.8, 4) is 0 Å². The monoisotopic (exact) mass is 304 g/mol. The van der Waals surface area contributed by atoms with Gasteiger partial charge in [-0.15, -0.1) is 11.3 Å². The van der Waals surface area contributed by atoms with E-state index in [1.165, 1.54) is 43.1 Å². The van der Waals surface area contributed by atoms with E-state index in [2.05, 4.69) is 51.5 Å². The summed E-state index contributed by atoms with van der Waals surface area (Å²) >= 11 is 1.76. The zero-order chi connectivity index (χ0) is 14.7. The molecule has 3 rings (SSSR count). The van der Waals surface area contributed by atoms with Gasteiger partial charge in [0.2, 0.25) is 0 Å². The van der Waals surface area contributed by atoms with Gasteiger partial charge in [-0.2, -0.15) is 0 Å². The van der Waals surface area contributed by atoms with Crippen LogP contribution in [0.3, 0.4) is 0 Å². The second-order valence-corrected chi connectivity index (χ2v) is 6.61. The number of thiophene rings is 1. The molecule has 1 saturated heterocycles. The van der Waals surface area contributed by atoms with Crippen molar-refractivity contribution in [2.24, 2.45) is 0 Å². The Balaban J connectivity index is 1.56. The molecule has 21 heavy (non-hydrogen) atoms. The molecule has 3 heterocycles. The minimum Gasteiger partial charge on any atom is -0.382 e. The van der Waals surface area contributed by atoms with Crippen LogP contribution in [0.5, 0.6) is 0 Å². The highest BCUT2D eigenvalue weighted by molar-refractivity contribution is 7.17. The normalized spacial score (nSPS) is 19.0. The number of hydrogen-bond donors (Lipinski definition) is 1. The molecule has 1 unspecified atom stereocenters. The first kappa shape index (κ1) is 14.8. The lowest BCUT2D eigenvalue weighted by Gasteiger charge is -2.37. The Morgan fingerprint density at radius 3 is 2.86 bits per heavy atom. The van der Waals surface area contributed by atoms with Gasteiger partial charge in [0.05, 0.1) is 15.9 Å². The Kier molecular flexibility index (Phi) is 4.73. The van der Waals surface area contributed by atoms with Gasteiger partial charge in [-0.1, -0.05) is 6.92 Å². The van der Waals surface area contributed by atoms with Crippen LogP contribution in [0, 0.1) is 0 Å². The van der Waals surface area contributed by atoms with E-state index in [0.29, 0.717) is 6.04 Å². The molecule has 1 N–H and O–H groups in total. The summed E-state index contributed by atoms with van der Waals surface area (Å²) in [6, 6.07) is 4.73. The molecule has 114 valence electrons. The highest BCUT2D eigenvalue weighted by atomic mass is 32.1. The van der Waals surface area contributed by atoms with Gasteiger partial charge in [0.25, 0.3) is 0 Å². The van der Waals surface area contributed by atoms with Crippen LogP contribution in [0.4, 0.5) is 5.69 Å². The van der Waals surface area contributed by atoms with E-state index >= 15 is 0 Å². The Hall–Kier alpha value is -1.17. The van der Waals surface area contributed by atoms with E-state index in [1.54, 1.807) is 11.3 Å². The third-order valence-corrected chi connectivity index (χ3v) is 5.35. The molecule has 1 atom stereocenters. The van der Waals surface area contributed by atoms with Crippen LogP contribution in [-0.2, 0) is 0 Å². The first-order chi connectivity index (χ1) is 10.3. The maximum atomic E-state index is 4.39. The van der Waals surface area contributed by atoms with E-state index in [9.17, 15) is 0 Å². The third kappa shape index (κ3) is 3.36. The summed E-state index contributed by atoms with van der Waals surface area (Å²) in [4.78, 5) is 9.50. The van der Waals surface area contributed by atoms with Crippen LogP contribution >= 0.6 is 11.3 Å². The third-order valence-electron chi connectivity index (χ3n) is 4.41. The molecule has 1 fully saturated rings. The number of nitrogens with zero attached hydrogens (tertiary/aromatic N) is 3. The minimum atomic E-state index is 0.562. The first-order valence-electron chi connectivity index (χ1n) is 7.80. The summed E-state index contributed by atoms with van der Waals surface area (Å²) in [5.41, 5.74) is 2.31. The van der Waals surface area contributed by atoms with Crippen molar-refractivity contribution in [3.05, 3.63) is 23.7 Å². The lowest BCUT2D eigenvalue weighted by atomic mass is 10.2. The van der Waals surface area contributed by atoms with Crippen molar-refractivity contribution in [1.29, 1.82) is 0 Å². The van der Waals surface area contributed by atoms with Crippen LogP contribution in [-0.4, -0.2) is 60.1 Å². The predicted octanol–water partition coefficient (Wildman–Crippen LogP) is 2.73. The minimum absolute atomic E-state index is 0.562. The number of pyridine rings is 1. The highest BCUT2D eigenvalue weighted by Crippen LogP contribution is 2.26. The van der Waals surface area contributed by atoms with Gasteiger partial charge in [0, 0.05) is 45.0 Å². The van der Waals surface area contributed by atoms with E-state index in [1.807, 2.05) is 6.20 Å². The fourth-order valence-corrected chi connectivity index (χ4v) is 3.76. The predicted molar refractivity (Wildman–Crippen MR) is 91.3 cm³/mol. The summed E-state index contributed by atoms with van der Waals surface area (Å²) in [5, 5.41) is 5.72. The fourth-order valence-electron chi connectivity index (χ4n) is 2.92. The zero-order valence-electron chi connectivity index (χ0n) is 12.9. The summed E-state index contributed by atoms with van der Waals surface area (Å²) in [6.07, 6.45) is 1.89. The van der Waals surface area contributed by atoms with E-state index in [0.717, 1.165) is 12.1 Å². The summed E-state index contributed by atoms with van der Waals surface area (Å²) in [6.45, 7) is 11.5. The summed E-state index contributed by atoms with van der Waals surface area (Å²) in [5.74, 6) is 0. The first-order valence-corrected chi connectivity index (χ1v) is 8.68. The number of piperazine rings is 1. The van der Waals surface area contributed by atoms with Crippen molar-refractivity contribution < 1.29 is 0 Å². The molecule has 0 amide bonds. The highest BCUT2D eigenvalue weighted by Gasteiger charge is 2.20.